The van der Waals surface area contributed by atoms with Crippen molar-refractivity contribution in [2.24, 2.45) is 0 Å². The van der Waals surface area contributed by atoms with Gasteiger partial charge in [-0.15, -0.1) is 0 Å². The van der Waals surface area contributed by atoms with Crippen molar-refractivity contribution in [2.75, 3.05) is 7.11 Å². The second-order valence-corrected chi connectivity index (χ2v) is 4.70. The minimum atomic E-state index is -0.787. The summed E-state index contributed by atoms with van der Waals surface area (Å²) in [5.74, 6) is -2.02. The van der Waals surface area contributed by atoms with Gasteiger partial charge in [-0.2, -0.15) is 4.79 Å². The predicted octanol–water partition coefficient (Wildman–Crippen LogP) is 2.48. The van der Waals surface area contributed by atoms with Crippen LogP contribution in [0.4, 0.5) is 0 Å². The van der Waals surface area contributed by atoms with E-state index in [4.69, 9.17) is 5.53 Å². The average Bonchev–Trinajstić information content (AvgIpc) is 2.55. The lowest BCUT2D eigenvalue weighted by Gasteiger charge is -2.04. The Morgan fingerprint density at radius 3 is 2.32 bits per heavy atom. The van der Waals surface area contributed by atoms with Crippen molar-refractivity contribution < 1.29 is 23.9 Å². The van der Waals surface area contributed by atoms with Gasteiger partial charge in [-0.05, 0) is 18.6 Å². The van der Waals surface area contributed by atoms with Crippen LogP contribution in [0.25, 0.3) is 5.53 Å². The molecule has 0 aliphatic carbocycles. The molecule has 0 atom stereocenters. The summed E-state index contributed by atoms with van der Waals surface area (Å²) in [5, 5.41) is 0. The zero-order valence-electron chi connectivity index (χ0n) is 12.7. The van der Waals surface area contributed by atoms with E-state index < -0.39 is 23.2 Å². The van der Waals surface area contributed by atoms with Crippen molar-refractivity contribution >= 4 is 23.2 Å². The first kappa shape index (κ1) is 17.5. The maximum absolute atomic E-state index is 12.4. The number of rotatable bonds is 8. The second-order valence-electron chi connectivity index (χ2n) is 4.70. The van der Waals surface area contributed by atoms with Crippen molar-refractivity contribution in [1.29, 1.82) is 0 Å². The Morgan fingerprint density at radius 1 is 1.14 bits per heavy atom. The fourth-order valence-corrected chi connectivity index (χ4v) is 1.98. The van der Waals surface area contributed by atoms with Gasteiger partial charge in [0.15, 0.2) is 0 Å². The number of ether oxygens (including phenoxy) is 1. The van der Waals surface area contributed by atoms with E-state index in [1.54, 1.807) is 12.1 Å². The Balaban J connectivity index is 3.06. The molecule has 1 aromatic rings. The van der Waals surface area contributed by atoms with Crippen molar-refractivity contribution in [1.82, 2.24) is 0 Å². The standard InChI is InChI=1S/C16H18N2O4/c1-3-4-5-10-13(19)14(18-17)15(20)11-8-6-7-9-12(11)16(21)22-2/h6-9H,3-5,10H2,1-2H3. The highest BCUT2D eigenvalue weighted by molar-refractivity contribution is 6.67. The summed E-state index contributed by atoms with van der Waals surface area (Å²) in [5.41, 5.74) is 8.44. The van der Waals surface area contributed by atoms with Crippen LogP contribution in [0.15, 0.2) is 24.3 Å². The fourth-order valence-electron chi connectivity index (χ4n) is 1.98. The van der Waals surface area contributed by atoms with E-state index in [2.05, 4.69) is 9.53 Å². The Bertz CT molecular complexity index is 631. The highest BCUT2D eigenvalue weighted by Crippen LogP contribution is 2.12. The van der Waals surface area contributed by atoms with E-state index in [9.17, 15) is 14.4 Å². The molecule has 0 fully saturated rings. The molecule has 0 unspecified atom stereocenters. The first-order chi connectivity index (χ1) is 10.6. The van der Waals surface area contributed by atoms with Gasteiger partial charge >= 0.3 is 11.7 Å². The molecule has 6 nitrogen and oxygen atoms in total. The van der Waals surface area contributed by atoms with Gasteiger partial charge in [0, 0.05) is 12.0 Å². The molecule has 0 aliphatic heterocycles. The Hall–Kier alpha value is -2.59. The van der Waals surface area contributed by atoms with Gasteiger partial charge in [-0.25, -0.2) is 4.79 Å². The molecule has 6 heteroatoms. The summed E-state index contributed by atoms with van der Waals surface area (Å²) in [6.07, 6.45) is 2.51. The van der Waals surface area contributed by atoms with Crippen LogP contribution < -0.4 is 0 Å². The SMILES string of the molecule is CCCCCC(=O)C(=[N+]=[N-])C(=O)c1ccccc1C(=O)OC. The summed E-state index contributed by atoms with van der Waals surface area (Å²) in [4.78, 5) is 38.9. The van der Waals surface area contributed by atoms with Gasteiger partial charge in [0.05, 0.1) is 12.7 Å². The van der Waals surface area contributed by atoms with Crippen LogP contribution in [0.5, 0.6) is 0 Å². The van der Waals surface area contributed by atoms with Gasteiger partial charge < -0.3 is 10.3 Å². The fraction of sp³-hybridized carbons (Fsp3) is 0.375. The zero-order valence-corrected chi connectivity index (χ0v) is 12.7. The number of methoxy groups -OCH3 is 1. The largest absolute Gasteiger partial charge is 0.465 e. The predicted molar refractivity (Wildman–Crippen MR) is 79.9 cm³/mol. The number of carbonyl (C=O) groups excluding carboxylic acids is 3. The van der Waals surface area contributed by atoms with Gasteiger partial charge in [-0.1, -0.05) is 31.9 Å². The molecule has 0 bridgehead atoms. The highest BCUT2D eigenvalue weighted by Gasteiger charge is 2.32. The number of carbonyl (C=O) groups is 3. The first-order valence-corrected chi connectivity index (χ1v) is 7.04. The van der Waals surface area contributed by atoms with Crippen molar-refractivity contribution in [2.45, 2.75) is 32.6 Å². The lowest BCUT2D eigenvalue weighted by molar-refractivity contribution is -0.117. The topological polar surface area (TPSA) is 96.8 Å². The third kappa shape index (κ3) is 4.20. The molecule has 1 aromatic carbocycles. The summed E-state index contributed by atoms with van der Waals surface area (Å²) >= 11 is 0. The van der Waals surface area contributed by atoms with Crippen molar-refractivity contribution in [3.05, 3.63) is 40.9 Å². The van der Waals surface area contributed by atoms with Gasteiger partial charge in [0.2, 0.25) is 5.78 Å². The Morgan fingerprint density at radius 2 is 1.77 bits per heavy atom. The van der Waals surface area contributed by atoms with Crippen LogP contribution in [0.3, 0.4) is 0 Å². The van der Waals surface area contributed by atoms with E-state index in [-0.39, 0.29) is 17.5 Å². The number of hydrogen-bond donors (Lipinski definition) is 0. The molecule has 22 heavy (non-hydrogen) atoms. The van der Waals surface area contributed by atoms with Gasteiger partial charge in [-0.3, -0.25) is 9.59 Å². The molecule has 0 saturated heterocycles. The van der Waals surface area contributed by atoms with Crippen molar-refractivity contribution in [3.8, 4) is 0 Å². The summed E-state index contributed by atoms with van der Waals surface area (Å²) in [6.45, 7) is 1.99. The number of esters is 1. The maximum Gasteiger partial charge on any atom is 0.405 e. The Kier molecular flexibility index (Phi) is 6.86. The zero-order chi connectivity index (χ0) is 16.5. The van der Waals surface area contributed by atoms with E-state index in [0.717, 1.165) is 12.8 Å². The van der Waals surface area contributed by atoms with E-state index in [0.29, 0.717) is 6.42 Å². The number of unbranched alkanes of at least 4 members (excludes halogenated alkanes) is 2. The monoisotopic (exact) mass is 302 g/mol. The van der Waals surface area contributed by atoms with Crippen LogP contribution >= 0.6 is 0 Å². The van der Waals surface area contributed by atoms with E-state index in [1.807, 2.05) is 6.92 Å². The number of nitrogens with zero attached hydrogens (tertiary/aromatic N) is 2. The molecule has 0 aromatic heterocycles. The molecule has 0 spiro atoms. The van der Waals surface area contributed by atoms with E-state index in [1.165, 1.54) is 19.2 Å². The molecular weight excluding hydrogens is 284 g/mol. The molecule has 116 valence electrons. The molecule has 1 rings (SSSR count). The van der Waals surface area contributed by atoms with Crippen LogP contribution in [0, 0.1) is 0 Å². The number of benzene rings is 1. The lowest BCUT2D eigenvalue weighted by atomic mass is 9.97. The van der Waals surface area contributed by atoms with Gasteiger partial charge in [0.1, 0.15) is 0 Å². The van der Waals surface area contributed by atoms with Gasteiger partial charge in [0.25, 0.3) is 5.78 Å². The molecule has 0 heterocycles. The minimum Gasteiger partial charge on any atom is -0.465 e. The quantitative estimate of drug-likeness (QED) is 0.140. The molecule has 0 saturated carbocycles. The lowest BCUT2D eigenvalue weighted by Crippen LogP contribution is -2.27. The minimum absolute atomic E-state index is 0.0222. The first-order valence-electron chi connectivity index (χ1n) is 7.04. The van der Waals surface area contributed by atoms with Crippen LogP contribution in [0.1, 0.15) is 53.3 Å². The van der Waals surface area contributed by atoms with Crippen LogP contribution in [-0.2, 0) is 9.53 Å². The summed E-state index contributed by atoms with van der Waals surface area (Å²) in [7, 11) is 1.19. The molecule has 0 aliphatic rings. The van der Waals surface area contributed by atoms with Crippen molar-refractivity contribution in [3.63, 3.8) is 0 Å². The van der Waals surface area contributed by atoms with E-state index >= 15 is 0 Å². The number of Topliss-reactive ketones (excluding diaryl/α,β-unsaturated/α-hetero) is 2. The molecule has 0 amide bonds. The normalized spacial score (nSPS) is 9.73. The number of hydrogen-bond acceptors (Lipinski definition) is 4. The highest BCUT2D eigenvalue weighted by atomic mass is 16.5. The summed E-state index contributed by atoms with van der Waals surface area (Å²) in [6, 6.07) is 5.92. The maximum atomic E-state index is 12.4. The number of ketones is 2. The summed E-state index contributed by atoms with van der Waals surface area (Å²) < 4.78 is 4.60. The molecule has 0 N–H and O–H groups in total. The van der Waals surface area contributed by atoms with Crippen LogP contribution in [-0.4, -0.2) is 35.1 Å². The third-order valence-corrected chi connectivity index (χ3v) is 3.16. The molecular formula is C16H18N2O4. The second kappa shape index (κ2) is 8.64. The van der Waals surface area contributed by atoms with Crippen LogP contribution in [0.2, 0.25) is 0 Å². The average molecular weight is 302 g/mol. The smallest absolute Gasteiger partial charge is 0.405 e. The molecule has 0 radical (unpaired) electrons. The Labute approximate surface area is 128 Å². The third-order valence-electron chi connectivity index (χ3n) is 3.16.